The standard InChI is InChI=1S/C14H18O.C3H9N/c1-3-6-11(2)9-13-10-12-7-4-5-8-14(12)15-13;1-2-3-4/h4-5,7-8,10-11H,3,6,9H2,1-2H3;2-4H2,1H3. The van der Waals surface area contributed by atoms with E-state index < -0.39 is 0 Å². The number of nitrogens with two attached hydrogens (primary N) is 1. The first-order valence-corrected chi connectivity index (χ1v) is 7.38. The van der Waals surface area contributed by atoms with E-state index in [0.29, 0.717) is 0 Å². The average Bonchev–Trinajstić information content (AvgIpc) is 2.81. The molecule has 2 N–H and O–H groups in total. The normalized spacial score (nSPS) is 12.0. The molecule has 2 heteroatoms. The third kappa shape index (κ3) is 5.48. The SMILES string of the molecule is CCCC(C)Cc1cc2ccccc2o1.CCCN. The Hall–Kier alpha value is -1.28. The Morgan fingerprint density at radius 3 is 2.42 bits per heavy atom. The Bertz CT molecular complexity index is 426. The first-order chi connectivity index (χ1) is 9.21. The predicted octanol–water partition coefficient (Wildman–Crippen LogP) is 4.77. The molecule has 1 atom stereocenters. The van der Waals surface area contributed by atoms with Crippen LogP contribution in [0, 0.1) is 5.92 Å². The van der Waals surface area contributed by atoms with Crippen LogP contribution in [0.15, 0.2) is 34.7 Å². The lowest BCUT2D eigenvalue weighted by Gasteiger charge is -2.06. The summed E-state index contributed by atoms with van der Waals surface area (Å²) in [4.78, 5) is 0. The first-order valence-electron chi connectivity index (χ1n) is 7.38. The Kier molecular flexibility index (Phi) is 7.27. The van der Waals surface area contributed by atoms with E-state index in [1.165, 1.54) is 18.2 Å². The zero-order chi connectivity index (χ0) is 14.1. The summed E-state index contributed by atoms with van der Waals surface area (Å²) in [6.07, 6.45) is 4.68. The summed E-state index contributed by atoms with van der Waals surface area (Å²) in [5.41, 5.74) is 6.04. The van der Waals surface area contributed by atoms with Gasteiger partial charge in [0.05, 0.1) is 0 Å². The lowest BCUT2D eigenvalue weighted by molar-refractivity contribution is 0.454. The summed E-state index contributed by atoms with van der Waals surface area (Å²) in [5.74, 6) is 1.84. The van der Waals surface area contributed by atoms with Crippen molar-refractivity contribution >= 4 is 11.0 Å². The predicted molar refractivity (Wildman–Crippen MR) is 83.3 cm³/mol. The second kappa shape index (κ2) is 8.76. The van der Waals surface area contributed by atoms with Gasteiger partial charge in [0, 0.05) is 11.8 Å². The van der Waals surface area contributed by atoms with Crippen molar-refractivity contribution < 1.29 is 4.42 Å². The van der Waals surface area contributed by atoms with Gasteiger partial charge >= 0.3 is 0 Å². The molecule has 2 nitrogen and oxygen atoms in total. The van der Waals surface area contributed by atoms with Crippen molar-refractivity contribution in [3.05, 3.63) is 36.1 Å². The minimum absolute atomic E-state index is 0.718. The van der Waals surface area contributed by atoms with Crippen LogP contribution < -0.4 is 5.73 Å². The molecule has 1 aromatic heterocycles. The molecule has 0 bridgehead atoms. The number of rotatable bonds is 5. The van der Waals surface area contributed by atoms with Gasteiger partial charge in [0.1, 0.15) is 11.3 Å². The Balaban J connectivity index is 0.000000399. The molecule has 1 unspecified atom stereocenters. The van der Waals surface area contributed by atoms with Crippen LogP contribution in [0.4, 0.5) is 0 Å². The van der Waals surface area contributed by atoms with Gasteiger partial charge in [-0.2, -0.15) is 0 Å². The van der Waals surface area contributed by atoms with E-state index >= 15 is 0 Å². The van der Waals surface area contributed by atoms with E-state index in [1.54, 1.807) is 0 Å². The topological polar surface area (TPSA) is 39.2 Å². The van der Waals surface area contributed by atoms with Crippen LogP contribution in [-0.2, 0) is 6.42 Å². The monoisotopic (exact) mass is 261 g/mol. The average molecular weight is 261 g/mol. The van der Waals surface area contributed by atoms with E-state index in [-0.39, 0.29) is 0 Å². The number of furan rings is 1. The maximum atomic E-state index is 5.79. The Morgan fingerprint density at radius 2 is 1.84 bits per heavy atom. The molecule has 106 valence electrons. The third-order valence-electron chi connectivity index (χ3n) is 3.10. The van der Waals surface area contributed by atoms with Crippen LogP contribution in [0.3, 0.4) is 0 Å². The van der Waals surface area contributed by atoms with Gasteiger partial charge in [-0.25, -0.2) is 0 Å². The summed E-state index contributed by atoms with van der Waals surface area (Å²) in [6, 6.07) is 10.4. The summed E-state index contributed by atoms with van der Waals surface area (Å²) in [6.45, 7) is 7.39. The largest absolute Gasteiger partial charge is 0.461 e. The van der Waals surface area contributed by atoms with E-state index in [1.807, 2.05) is 12.1 Å². The number of benzene rings is 1. The van der Waals surface area contributed by atoms with Crippen molar-refractivity contribution in [2.45, 2.75) is 46.5 Å². The highest BCUT2D eigenvalue weighted by Gasteiger charge is 2.07. The highest BCUT2D eigenvalue weighted by molar-refractivity contribution is 5.77. The van der Waals surface area contributed by atoms with E-state index in [0.717, 1.165) is 36.6 Å². The molecule has 0 aliphatic carbocycles. The summed E-state index contributed by atoms with van der Waals surface area (Å²) in [7, 11) is 0. The van der Waals surface area contributed by atoms with Crippen molar-refractivity contribution in [3.63, 3.8) is 0 Å². The number of para-hydroxylation sites is 1. The van der Waals surface area contributed by atoms with Gasteiger partial charge in [0.15, 0.2) is 0 Å². The van der Waals surface area contributed by atoms with Crippen LogP contribution in [0.25, 0.3) is 11.0 Å². The van der Waals surface area contributed by atoms with E-state index in [9.17, 15) is 0 Å². The van der Waals surface area contributed by atoms with Crippen LogP contribution in [0.1, 0.15) is 45.8 Å². The molecular weight excluding hydrogens is 234 g/mol. The van der Waals surface area contributed by atoms with Gasteiger partial charge in [0.25, 0.3) is 0 Å². The highest BCUT2D eigenvalue weighted by Crippen LogP contribution is 2.22. The minimum atomic E-state index is 0.718. The maximum Gasteiger partial charge on any atom is 0.134 e. The fraction of sp³-hybridized carbons (Fsp3) is 0.529. The van der Waals surface area contributed by atoms with Gasteiger partial charge < -0.3 is 10.2 Å². The third-order valence-corrected chi connectivity index (χ3v) is 3.10. The summed E-state index contributed by atoms with van der Waals surface area (Å²) in [5, 5.41) is 1.22. The van der Waals surface area contributed by atoms with Gasteiger partial charge in [0.2, 0.25) is 0 Å². The first kappa shape index (κ1) is 15.8. The zero-order valence-corrected chi connectivity index (χ0v) is 12.5. The smallest absolute Gasteiger partial charge is 0.134 e. The molecule has 1 aromatic carbocycles. The molecule has 0 radical (unpaired) electrons. The minimum Gasteiger partial charge on any atom is -0.461 e. The van der Waals surface area contributed by atoms with Crippen molar-refractivity contribution in [1.82, 2.24) is 0 Å². The summed E-state index contributed by atoms with van der Waals surface area (Å²) < 4.78 is 5.79. The van der Waals surface area contributed by atoms with Crippen LogP contribution in [-0.4, -0.2) is 6.54 Å². The van der Waals surface area contributed by atoms with Crippen LogP contribution in [0.2, 0.25) is 0 Å². The lowest BCUT2D eigenvalue weighted by atomic mass is 10.0. The van der Waals surface area contributed by atoms with Crippen LogP contribution in [0.5, 0.6) is 0 Å². The molecule has 2 aromatic rings. The fourth-order valence-electron chi connectivity index (χ4n) is 2.08. The summed E-state index contributed by atoms with van der Waals surface area (Å²) >= 11 is 0. The second-order valence-electron chi connectivity index (χ2n) is 5.14. The number of hydrogen-bond donors (Lipinski definition) is 1. The highest BCUT2D eigenvalue weighted by atomic mass is 16.3. The Labute approximate surface area is 117 Å². The van der Waals surface area contributed by atoms with Crippen molar-refractivity contribution in [3.8, 4) is 0 Å². The van der Waals surface area contributed by atoms with E-state index in [4.69, 9.17) is 10.2 Å². The number of fused-ring (bicyclic) bond motifs is 1. The Morgan fingerprint density at radius 1 is 1.16 bits per heavy atom. The van der Waals surface area contributed by atoms with Gasteiger partial charge in [-0.1, -0.05) is 51.8 Å². The molecular formula is C17H27NO. The number of hydrogen-bond acceptors (Lipinski definition) is 2. The molecule has 0 aliphatic rings. The molecule has 19 heavy (non-hydrogen) atoms. The second-order valence-corrected chi connectivity index (χ2v) is 5.14. The van der Waals surface area contributed by atoms with E-state index in [2.05, 4.69) is 39.0 Å². The molecule has 0 saturated heterocycles. The van der Waals surface area contributed by atoms with Crippen molar-refractivity contribution in [2.24, 2.45) is 11.7 Å². The molecule has 0 aliphatic heterocycles. The van der Waals surface area contributed by atoms with Crippen molar-refractivity contribution in [1.29, 1.82) is 0 Å². The molecule has 2 rings (SSSR count). The maximum absolute atomic E-state index is 5.79. The lowest BCUT2D eigenvalue weighted by Crippen LogP contribution is -1.97. The molecule has 0 amide bonds. The van der Waals surface area contributed by atoms with Gasteiger partial charge in [-0.3, -0.25) is 0 Å². The van der Waals surface area contributed by atoms with Gasteiger partial charge in [-0.15, -0.1) is 0 Å². The zero-order valence-electron chi connectivity index (χ0n) is 12.5. The molecule has 1 heterocycles. The van der Waals surface area contributed by atoms with Crippen molar-refractivity contribution in [2.75, 3.05) is 6.54 Å². The van der Waals surface area contributed by atoms with Crippen LogP contribution >= 0.6 is 0 Å². The molecule has 0 saturated carbocycles. The molecule has 0 spiro atoms. The van der Waals surface area contributed by atoms with Gasteiger partial charge in [-0.05, 0) is 31.0 Å². The molecule has 0 fully saturated rings. The quantitative estimate of drug-likeness (QED) is 0.842. The fourth-order valence-corrected chi connectivity index (χ4v) is 2.08.